The smallest absolute Gasteiger partial charge is 0.130 e. The van der Waals surface area contributed by atoms with Crippen LogP contribution >= 0.6 is 0 Å². The molecule has 0 saturated carbocycles. The van der Waals surface area contributed by atoms with Gasteiger partial charge in [-0.25, -0.2) is 0 Å². The van der Waals surface area contributed by atoms with Gasteiger partial charge in [-0.15, -0.1) is 0 Å². The highest BCUT2D eigenvalue weighted by Crippen LogP contribution is 2.29. The van der Waals surface area contributed by atoms with Gasteiger partial charge >= 0.3 is 0 Å². The summed E-state index contributed by atoms with van der Waals surface area (Å²) in [5.74, 6) is 1.82. The Kier molecular flexibility index (Phi) is 4.80. The fourth-order valence-corrected chi connectivity index (χ4v) is 2.36. The number of nitrogens with one attached hydrogen (secondary N) is 1. The summed E-state index contributed by atoms with van der Waals surface area (Å²) in [6, 6.07) is 14.8. The van der Waals surface area contributed by atoms with Crippen LogP contribution in [0.4, 0.5) is 0 Å². The first-order valence-corrected chi connectivity index (χ1v) is 7.17. The summed E-state index contributed by atoms with van der Waals surface area (Å²) in [5.41, 5.74) is 3.71. The molecule has 2 heteroatoms. The first kappa shape index (κ1) is 14.6. The standard InChI is InChI=1S/C18H23NO/c1-5-17(19-4)15-9-7-10-16(12-15)20-18-11-6-8-13(2)14(18)3/h6-12,17,19H,5H2,1-4H3. The van der Waals surface area contributed by atoms with Crippen LogP contribution in [0.3, 0.4) is 0 Å². The van der Waals surface area contributed by atoms with Gasteiger partial charge in [0.2, 0.25) is 0 Å². The van der Waals surface area contributed by atoms with E-state index in [-0.39, 0.29) is 0 Å². The molecule has 2 nitrogen and oxygen atoms in total. The highest BCUT2D eigenvalue weighted by atomic mass is 16.5. The monoisotopic (exact) mass is 269 g/mol. The summed E-state index contributed by atoms with van der Waals surface area (Å²) < 4.78 is 6.04. The molecule has 0 bridgehead atoms. The summed E-state index contributed by atoms with van der Waals surface area (Å²) in [5, 5.41) is 3.32. The Morgan fingerprint density at radius 3 is 2.55 bits per heavy atom. The summed E-state index contributed by atoms with van der Waals surface area (Å²) in [4.78, 5) is 0. The number of ether oxygens (including phenoxy) is 1. The molecule has 106 valence electrons. The fraction of sp³-hybridized carbons (Fsp3) is 0.333. The molecule has 2 rings (SSSR count). The van der Waals surface area contributed by atoms with Crippen molar-refractivity contribution in [1.29, 1.82) is 0 Å². The Bertz CT molecular complexity index is 573. The number of hydrogen-bond acceptors (Lipinski definition) is 2. The third-order valence-corrected chi connectivity index (χ3v) is 3.80. The van der Waals surface area contributed by atoms with Crippen molar-refractivity contribution >= 4 is 0 Å². The van der Waals surface area contributed by atoms with Crippen molar-refractivity contribution in [1.82, 2.24) is 5.32 Å². The molecule has 0 aliphatic rings. The van der Waals surface area contributed by atoms with Gasteiger partial charge in [0.25, 0.3) is 0 Å². The maximum Gasteiger partial charge on any atom is 0.130 e. The highest BCUT2D eigenvalue weighted by molar-refractivity contribution is 5.42. The van der Waals surface area contributed by atoms with E-state index in [1.54, 1.807) is 0 Å². The van der Waals surface area contributed by atoms with E-state index in [9.17, 15) is 0 Å². The van der Waals surface area contributed by atoms with Crippen molar-refractivity contribution in [2.75, 3.05) is 7.05 Å². The molecule has 1 unspecified atom stereocenters. The molecular weight excluding hydrogens is 246 g/mol. The average Bonchev–Trinajstić information content (AvgIpc) is 2.46. The zero-order valence-corrected chi connectivity index (χ0v) is 12.7. The molecule has 0 amide bonds. The highest BCUT2D eigenvalue weighted by Gasteiger charge is 2.08. The van der Waals surface area contributed by atoms with Gasteiger partial charge in [-0.05, 0) is 62.2 Å². The van der Waals surface area contributed by atoms with E-state index in [4.69, 9.17) is 4.74 Å². The Labute approximate surface area is 121 Å². The van der Waals surface area contributed by atoms with Crippen LogP contribution in [-0.2, 0) is 0 Å². The summed E-state index contributed by atoms with van der Waals surface area (Å²) in [6.45, 7) is 6.38. The second-order valence-corrected chi connectivity index (χ2v) is 5.12. The van der Waals surface area contributed by atoms with Gasteiger partial charge < -0.3 is 10.1 Å². The molecule has 0 aliphatic heterocycles. The van der Waals surface area contributed by atoms with Gasteiger partial charge in [0.1, 0.15) is 11.5 Å². The summed E-state index contributed by atoms with van der Waals surface area (Å²) in [6.07, 6.45) is 1.06. The fourth-order valence-electron chi connectivity index (χ4n) is 2.36. The molecule has 0 spiro atoms. The Morgan fingerprint density at radius 2 is 1.85 bits per heavy atom. The van der Waals surface area contributed by atoms with Crippen molar-refractivity contribution < 1.29 is 4.74 Å². The molecule has 20 heavy (non-hydrogen) atoms. The number of benzene rings is 2. The summed E-state index contributed by atoms with van der Waals surface area (Å²) in [7, 11) is 1.99. The van der Waals surface area contributed by atoms with Crippen LogP contribution in [0, 0.1) is 13.8 Å². The molecule has 2 aromatic rings. The first-order valence-electron chi connectivity index (χ1n) is 7.17. The van der Waals surface area contributed by atoms with Crippen molar-refractivity contribution in [3.05, 3.63) is 59.2 Å². The molecule has 0 heterocycles. The molecular formula is C18H23NO. The Morgan fingerprint density at radius 1 is 1.10 bits per heavy atom. The van der Waals surface area contributed by atoms with Crippen molar-refractivity contribution in [2.24, 2.45) is 0 Å². The van der Waals surface area contributed by atoms with E-state index in [0.717, 1.165) is 17.9 Å². The van der Waals surface area contributed by atoms with Crippen LogP contribution in [0.25, 0.3) is 0 Å². The maximum atomic E-state index is 6.04. The van der Waals surface area contributed by atoms with E-state index in [1.165, 1.54) is 16.7 Å². The minimum atomic E-state index is 0.372. The number of rotatable bonds is 5. The lowest BCUT2D eigenvalue weighted by molar-refractivity contribution is 0.475. The predicted octanol–water partition coefficient (Wildman–Crippen LogP) is 4.77. The van der Waals surface area contributed by atoms with Crippen LogP contribution in [0.1, 0.15) is 36.1 Å². The van der Waals surface area contributed by atoms with Crippen molar-refractivity contribution in [3.8, 4) is 11.5 Å². The minimum absolute atomic E-state index is 0.372. The zero-order chi connectivity index (χ0) is 14.5. The van der Waals surface area contributed by atoms with E-state index in [0.29, 0.717) is 6.04 Å². The van der Waals surface area contributed by atoms with Gasteiger partial charge in [-0.1, -0.05) is 31.2 Å². The lowest BCUT2D eigenvalue weighted by Crippen LogP contribution is -2.14. The van der Waals surface area contributed by atoms with Crippen LogP contribution in [0.15, 0.2) is 42.5 Å². The quantitative estimate of drug-likeness (QED) is 0.844. The zero-order valence-electron chi connectivity index (χ0n) is 12.7. The molecule has 0 fully saturated rings. The molecule has 1 atom stereocenters. The van der Waals surface area contributed by atoms with Gasteiger partial charge in [0.05, 0.1) is 0 Å². The summed E-state index contributed by atoms with van der Waals surface area (Å²) >= 11 is 0. The number of hydrogen-bond donors (Lipinski definition) is 1. The third kappa shape index (κ3) is 3.20. The lowest BCUT2D eigenvalue weighted by atomic mass is 10.0. The van der Waals surface area contributed by atoms with E-state index in [2.05, 4.69) is 50.4 Å². The number of aryl methyl sites for hydroxylation is 1. The second kappa shape index (κ2) is 6.58. The first-order chi connectivity index (χ1) is 9.65. The molecule has 0 radical (unpaired) electrons. The van der Waals surface area contributed by atoms with Gasteiger partial charge in [0, 0.05) is 6.04 Å². The molecule has 0 aliphatic carbocycles. The molecule has 0 aromatic heterocycles. The second-order valence-electron chi connectivity index (χ2n) is 5.12. The topological polar surface area (TPSA) is 21.3 Å². The maximum absolute atomic E-state index is 6.04. The van der Waals surface area contributed by atoms with Crippen LogP contribution in [0.5, 0.6) is 11.5 Å². The molecule has 1 N–H and O–H groups in total. The van der Waals surface area contributed by atoms with E-state index >= 15 is 0 Å². The van der Waals surface area contributed by atoms with Gasteiger partial charge in [-0.3, -0.25) is 0 Å². The van der Waals surface area contributed by atoms with Crippen molar-refractivity contribution in [2.45, 2.75) is 33.2 Å². The van der Waals surface area contributed by atoms with Crippen LogP contribution in [0.2, 0.25) is 0 Å². The average molecular weight is 269 g/mol. The van der Waals surface area contributed by atoms with Crippen LogP contribution in [-0.4, -0.2) is 7.05 Å². The van der Waals surface area contributed by atoms with Gasteiger partial charge in [0.15, 0.2) is 0 Å². The van der Waals surface area contributed by atoms with E-state index < -0.39 is 0 Å². The van der Waals surface area contributed by atoms with Gasteiger partial charge in [-0.2, -0.15) is 0 Å². The van der Waals surface area contributed by atoms with E-state index in [1.807, 2.05) is 25.2 Å². The SMILES string of the molecule is CCC(NC)c1cccc(Oc2cccc(C)c2C)c1. The van der Waals surface area contributed by atoms with Crippen LogP contribution < -0.4 is 10.1 Å². The minimum Gasteiger partial charge on any atom is -0.457 e. The Balaban J connectivity index is 2.26. The van der Waals surface area contributed by atoms with Crippen molar-refractivity contribution in [3.63, 3.8) is 0 Å². The predicted molar refractivity (Wildman–Crippen MR) is 84.5 cm³/mol. The molecule has 0 saturated heterocycles. The molecule has 2 aromatic carbocycles. The Hall–Kier alpha value is -1.80. The third-order valence-electron chi connectivity index (χ3n) is 3.80. The lowest BCUT2D eigenvalue weighted by Gasteiger charge is -2.16. The largest absolute Gasteiger partial charge is 0.457 e. The normalized spacial score (nSPS) is 12.2.